The Hall–Kier alpha value is -0.920. The number of sulfonamides is 1. The van der Waals surface area contributed by atoms with Crippen molar-refractivity contribution in [2.45, 2.75) is 25.7 Å². The Balaban J connectivity index is 2.88. The topological polar surface area (TPSA) is 75.3 Å². The van der Waals surface area contributed by atoms with Crippen LogP contribution in [0, 0.1) is 13.8 Å². The van der Waals surface area contributed by atoms with Crippen molar-refractivity contribution in [2.75, 3.05) is 26.8 Å². The molecule has 98 valence electrons. The second kappa shape index (κ2) is 5.61. The van der Waals surface area contributed by atoms with Gasteiger partial charge in [-0.25, -0.2) is 8.42 Å². The molecule has 1 rings (SSSR count). The Morgan fingerprint density at radius 3 is 2.53 bits per heavy atom. The van der Waals surface area contributed by atoms with Crippen molar-refractivity contribution in [3.8, 4) is 0 Å². The van der Waals surface area contributed by atoms with E-state index in [1.54, 1.807) is 20.9 Å². The molecule has 0 spiro atoms. The van der Waals surface area contributed by atoms with Crippen molar-refractivity contribution in [1.29, 1.82) is 0 Å². The van der Waals surface area contributed by atoms with E-state index in [1.807, 2.05) is 6.92 Å². The maximum absolute atomic E-state index is 12.2. The number of hydrogen-bond donors (Lipinski definition) is 1. The Bertz CT molecular complexity index is 448. The van der Waals surface area contributed by atoms with Crippen LogP contribution in [0.3, 0.4) is 0 Å². The number of ether oxygens (including phenoxy) is 1. The normalized spacial score (nSPS) is 12.3. The van der Waals surface area contributed by atoms with E-state index < -0.39 is 10.0 Å². The predicted molar refractivity (Wildman–Crippen MR) is 64.4 cm³/mol. The van der Waals surface area contributed by atoms with Crippen molar-refractivity contribution in [2.24, 2.45) is 0 Å². The largest absolute Gasteiger partial charge is 0.380 e. The van der Waals surface area contributed by atoms with Crippen LogP contribution in [0.25, 0.3) is 0 Å². The second-order valence-electron chi connectivity index (χ2n) is 3.79. The van der Waals surface area contributed by atoms with Gasteiger partial charge in [-0.15, -0.1) is 0 Å². The predicted octanol–water partition coefficient (Wildman–Crippen LogP) is 0.684. The van der Waals surface area contributed by atoms with Gasteiger partial charge in [0.2, 0.25) is 10.0 Å². The second-order valence-corrected chi connectivity index (χ2v) is 5.77. The summed E-state index contributed by atoms with van der Waals surface area (Å²) in [7, 11) is -1.94. The zero-order valence-corrected chi connectivity index (χ0v) is 11.5. The molecule has 0 aliphatic heterocycles. The van der Waals surface area contributed by atoms with Gasteiger partial charge in [0.25, 0.3) is 0 Å². The van der Waals surface area contributed by atoms with Crippen LogP contribution in [0.5, 0.6) is 0 Å². The molecule has 0 bridgehead atoms. The fourth-order valence-electron chi connectivity index (χ4n) is 1.53. The number of nitrogens with zero attached hydrogens (tertiary/aromatic N) is 2. The summed E-state index contributed by atoms with van der Waals surface area (Å²) in [6.07, 6.45) is 0. The first-order valence-corrected chi connectivity index (χ1v) is 6.91. The Labute approximate surface area is 102 Å². The van der Waals surface area contributed by atoms with Crippen LogP contribution >= 0.6 is 0 Å². The van der Waals surface area contributed by atoms with E-state index in [0.717, 1.165) is 0 Å². The van der Waals surface area contributed by atoms with E-state index in [4.69, 9.17) is 4.74 Å². The van der Waals surface area contributed by atoms with Crippen molar-refractivity contribution in [1.82, 2.24) is 14.5 Å². The molecule has 1 aromatic rings. The molecule has 0 unspecified atom stereocenters. The van der Waals surface area contributed by atoms with Crippen LogP contribution in [-0.4, -0.2) is 49.7 Å². The van der Waals surface area contributed by atoms with E-state index in [-0.39, 0.29) is 4.90 Å². The third-order valence-corrected chi connectivity index (χ3v) is 4.60. The monoisotopic (exact) mass is 261 g/mol. The highest BCUT2D eigenvalue weighted by Crippen LogP contribution is 2.20. The zero-order chi connectivity index (χ0) is 13.1. The highest BCUT2D eigenvalue weighted by molar-refractivity contribution is 7.89. The summed E-state index contributed by atoms with van der Waals surface area (Å²) in [6, 6.07) is 0. The number of aryl methyl sites for hydroxylation is 2. The summed E-state index contributed by atoms with van der Waals surface area (Å²) in [5.41, 5.74) is 1.05. The quantitative estimate of drug-likeness (QED) is 0.764. The van der Waals surface area contributed by atoms with Crippen LogP contribution in [0.2, 0.25) is 0 Å². The molecule has 1 heterocycles. The van der Waals surface area contributed by atoms with Crippen molar-refractivity contribution in [3.05, 3.63) is 11.4 Å². The van der Waals surface area contributed by atoms with E-state index >= 15 is 0 Å². The number of nitrogens with one attached hydrogen (secondary N) is 1. The summed E-state index contributed by atoms with van der Waals surface area (Å²) < 4.78 is 30.9. The van der Waals surface area contributed by atoms with Gasteiger partial charge in [0.15, 0.2) is 0 Å². The first kappa shape index (κ1) is 14.1. The molecule has 0 aromatic carbocycles. The third-order valence-electron chi connectivity index (χ3n) is 2.48. The molecule has 0 amide bonds. The van der Waals surface area contributed by atoms with Crippen LogP contribution < -0.4 is 0 Å². The maximum atomic E-state index is 12.2. The van der Waals surface area contributed by atoms with E-state index in [1.165, 1.54) is 4.31 Å². The van der Waals surface area contributed by atoms with Gasteiger partial charge in [-0.2, -0.15) is 9.40 Å². The summed E-state index contributed by atoms with van der Waals surface area (Å²) in [6.45, 7) is 6.55. The van der Waals surface area contributed by atoms with Gasteiger partial charge in [-0.05, 0) is 20.8 Å². The molecule has 0 aliphatic carbocycles. The Morgan fingerprint density at radius 1 is 1.41 bits per heavy atom. The van der Waals surface area contributed by atoms with Crippen molar-refractivity contribution >= 4 is 10.0 Å². The number of H-pyrrole nitrogens is 1. The zero-order valence-electron chi connectivity index (χ0n) is 10.6. The lowest BCUT2D eigenvalue weighted by molar-refractivity contribution is 0.138. The van der Waals surface area contributed by atoms with Gasteiger partial charge < -0.3 is 4.74 Å². The Kier molecular flexibility index (Phi) is 4.67. The van der Waals surface area contributed by atoms with Gasteiger partial charge in [-0.1, -0.05) is 0 Å². The lowest BCUT2D eigenvalue weighted by Gasteiger charge is -2.17. The lowest BCUT2D eigenvalue weighted by atomic mass is 10.4. The van der Waals surface area contributed by atoms with Crippen LogP contribution in [0.4, 0.5) is 0 Å². The van der Waals surface area contributed by atoms with Gasteiger partial charge >= 0.3 is 0 Å². The minimum atomic E-state index is -3.48. The minimum Gasteiger partial charge on any atom is -0.380 e. The summed E-state index contributed by atoms with van der Waals surface area (Å²) >= 11 is 0. The molecule has 17 heavy (non-hydrogen) atoms. The van der Waals surface area contributed by atoms with Crippen LogP contribution in [0.1, 0.15) is 18.3 Å². The first-order valence-electron chi connectivity index (χ1n) is 5.47. The van der Waals surface area contributed by atoms with Gasteiger partial charge in [0, 0.05) is 20.2 Å². The Morgan fingerprint density at radius 2 is 2.06 bits per heavy atom. The summed E-state index contributed by atoms with van der Waals surface area (Å²) in [5.74, 6) is 0. The lowest BCUT2D eigenvalue weighted by Crippen LogP contribution is -2.31. The fraction of sp³-hybridized carbons (Fsp3) is 0.700. The first-order chi connectivity index (χ1) is 7.91. The standard InChI is InChI=1S/C10H19N3O3S/c1-5-16-7-6-13(4)17(14,15)10-8(2)11-12-9(10)3/h5-7H2,1-4H3,(H,11,12). The van der Waals surface area contributed by atoms with Gasteiger partial charge in [0.05, 0.1) is 18.0 Å². The molecule has 0 atom stereocenters. The molecule has 7 heteroatoms. The van der Waals surface area contributed by atoms with E-state index in [0.29, 0.717) is 31.1 Å². The average molecular weight is 261 g/mol. The number of aromatic amines is 1. The molecule has 1 N–H and O–H groups in total. The highest BCUT2D eigenvalue weighted by Gasteiger charge is 2.26. The third kappa shape index (κ3) is 3.05. The van der Waals surface area contributed by atoms with Gasteiger partial charge in [0.1, 0.15) is 4.90 Å². The van der Waals surface area contributed by atoms with E-state index in [2.05, 4.69) is 10.2 Å². The molecular weight excluding hydrogens is 242 g/mol. The SMILES string of the molecule is CCOCCN(C)S(=O)(=O)c1c(C)n[nH]c1C. The van der Waals surface area contributed by atoms with E-state index in [9.17, 15) is 8.42 Å². The fourth-order valence-corrected chi connectivity index (χ4v) is 3.01. The van der Waals surface area contributed by atoms with Crippen LogP contribution in [-0.2, 0) is 14.8 Å². The smallest absolute Gasteiger partial charge is 0.246 e. The molecule has 0 saturated carbocycles. The number of rotatable bonds is 6. The van der Waals surface area contributed by atoms with Crippen LogP contribution in [0.15, 0.2) is 4.90 Å². The molecule has 0 aliphatic rings. The summed E-state index contributed by atoms with van der Waals surface area (Å²) in [5, 5.41) is 6.58. The molecular formula is C10H19N3O3S. The molecule has 6 nitrogen and oxygen atoms in total. The summed E-state index contributed by atoms with van der Waals surface area (Å²) in [4.78, 5) is 0.261. The molecule has 1 aromatic heterocycles. The number of hydrogen-bond acceptors (Lipinski definition) is 4. The maximum Gasteiger partial charge on any atom is 0.246 e. The van der Waals surface area contributed by atoms with Gasteiger partial charge in [-0.3, -0.25) is 5.10 Å². The number of aromatic nitrogens is 2. The molecule has 0 fully saturated rings. The molecule has 0 saturated heterocycles. The highest BCUT2D eigenvalue weighted by atomic mass is 32.2. The number of likely N-dealkylation sites (N-methyl/N-ethyl adjacent to an activating group) is 1. The minimum absolute atomic E-state index is 0.261. The average Bonchev–Trinajstić information content (AvgIpc) is 2.59. The van der Waals surface area contributed by atoms with Crippen molar-refractivity contribution < 1.29 is 13.2 Å². The van der Waals surface area contributed by atoms with Crippen molar-refractivity contribution in [3.63, 3.8) is 0 Å². The molecule has 0 radical (unpaired) electrons.